The van der Waals surface area contributed by atoms with Crippen molar-refractivity contribution in [2.75, 3.05) is 18.1 Å². The van der Waals surface area contributed by atoms with Gasteiger partial charge in [-0.1, -0.05) is 13.3 Å². The van der Waals surface area contributed by atoms with E-state index in [1.807, 2.05) is 6.92 Å². The second-order valence-electron chi connectivity index (χ2n) is 5.22. The van der Waals surface area contributed by atoms with Gasteiger partial charge in [0.25, 0.3) is 0 Å². The van der Waals surface area contributed by atoms with Gasteiger partial charge < -0.3 is 16.4 Å². The van der Waals surface area contributed by atoms with Crippen LogP contribution in [0.4, 0.5) is 0 Å². The van der Waals surface area contributed by atoms with Crippen molar-refractivity contribution in [1.29, 1.82) is 0 Å². The molecule has 1 aliphatic rings. The second kappa shape index (κ2) is 7.03. The minimum atomic E-state index is -3.07. The Bertz CT molecular complexity index is 463. The number of nitrogens with two attached hydrogens (primary N) is 2. The molecule has 1 aliphatic heterocycles. The first kappa shape index (κ1) is 16.9. The van der Waals surface area contributed by atoms with Crippen molar-refractivity contribution in [3.63, 3.8) is 0 Å². The zero-order valence-corrected chi connectivity index (χ0v) is 12.6. The van der Waals surface area contributed by atoms with Crippen molar-refractivity contribution in [3.8, 4) is 0 Å². The Morgan fingerprint density at radius 1 is 1.40 bits per heavy atom. The predicted molar refractivity (Wildman–Crippen MR) is 75.5 cm³/mol. The van der Waals surface area contributed by atoms with Gasteiger partial charge in [0.15, 0.2) is 9.84 Å². The van der Waals surface area contributed by atoms with Gasteiger partial charge in [0.05, 0.1) is 24.0 Å². The average Bonchev–Trinajstić information content (AvgIpc) is 2.69. The number of unbranched alkanes of at least 4 members (excludes halogenated alkanes) is 1. The maximum Gasteiger partial charge on any atom is 0.240 e. The van der Waals surface area contributed by atoms with Crippen molar-refractivity contribution in [3.05, 3.63) is 0 Å². The van der Waals surface area contributed by atoms with Gasteiger partial charge in [0.1, 0.15) is 0 Å². The van der Waals surface area contributed by atoms with Crippen molar-refractivity contribution in [2.45, 2.75) is 44.7 Å². The van der Waals surface area contributed by atoms with Crippen LogP contribution in [0.3, 0.4) is 0 Å². The summed E-state index contributed by atoms with van der Waals surface area (Å²) in [5.41, 5.74) is 10.7. The minimum absolute atomic E-state index is 0.0221. The van der Waals surface area contributed by atoms with Crippen LogP contribution < -0.4 is 11.5 Å². The lowest BCUT2D eigenvalue weighted by molar-refractivity contribution is -0.136. The number of amides is 2. The molecule has 0 aromatic heterocycles. The molecule has 1 heterocycles. The van der Waals surface area contributed by atoms with E-state index in [-0.39, 0.29) is 29.9 Å². The molecule has 0 aromatic rings. The lowest BCUT2D eigenvalue weighted by Crippen LogP contribution is -2.50. The third kappa shape index (κ3) is 4.75. The molecule has 1 rings (SSSR count). The number of sulfone groups is 1. The van der Waals surface area contributed by atoms with Crippen LogP contribution in [-0.4, -0.2) is 55.3 Å². The van der Waals surface area contributed by atoms with E-state index in [4.69, 9.17) is 11.5 Å². The van der Waals surface area contributed by atoms with Crippen LogP contribution in [0.5, 0.6) is 0 Å². The molecule has 20 heavy (non-hydrogen) atoms. The Labute approximate surface area is 119 Å². The molecule has 7 nitrogen and oxygen atoms in total. The van der Waals surface area contributed by atoms with Gasteiger partial charge in [-0.3, -0.25) is 9.59 Å². The smallest absolute Gasteiger partial charge is 0.240 e. The number of carbonyl (C=O) groups excluding carboxylic acids is 2. The van der Waals surface area contributed by atoms with E-state index >= 15 is 0 Å². The van der Waals surface area contributed by atoms with Gasteiger partial charge >= 0.3 is 0 Å². The van der Waals surface area contributed by atoms with E-state index in [2.05, 4.69) is 0 Å². The van der Waals surface area contributed by atoms with E-state index < -0.39 is 21.8 Å². The number of hydrogen-bond acceptors (Lipinski definition) is 5. The highest BCUT2D eigenvalue weighted by Gasteiger charge is 2.36. The molecule has 4 N–H and O–H groups in total. The molecule has 0 bridgehead atoms. The molecule has 1 saturated heterocycles. The number of carbonyl (C=O) groups is 2. The maximum atomic E-state index is 12.3. The van der Waals surface area contributed by atoms with Crippen LogP contribution in [0.2, 0.25) is 0 Å². The Balaban J connectivity index is 2.78. The molecule has 1 fully saturated rings. The van der Waals surface area contributed by atoms with Crippen molar-refractivity contribution in [2.24, 2.45) is 11.5 Å². The Kier molecular flexibility index (Phi) is 5.94. The van der Waals surface area contributed by atoms with Crippen LogP contribution in [0.25, 0.3) is 0 Å². The second-order valence-corrected chi connectivity index (χ2v) is 7.45. The molecule has 0 aliphatic carbocycles. The zero-order chi connectivity index (χ0) is 15.3. The third-order valence-corrected chi connectivity index (χ3v) is 5.17. The molecular formula is C12H23N3O4S. The summed E-state index contributed by atoms with van der Waals surface area (Å²) in [5, 5.41) is 0. The van der Waals surface area contributed by atoms with Crippen LogP contribution in [0.1, 0.15) is 32.6 Å². The summed E-state index contributed by atoms with van der Waals surface area (Å²) in [6.45, 7) is 2.44. The van der Waals surface area contributed by atoms with E-state index in [0.717, 1.165) is 12.8 Å². The molecule has 0 saturated carbocycles. The quantitative estimate of drug-likeness (QED) is 0.624. The van der Waals surface area contributed by atoms with Gasteiger partial charge in [-0.15, -0.1) is 0 Å². The molecule has 116 valence electrons. The molecule has 0 aromatic carbocycles. The Morgan fingerprint density at radius 2 is 2.05 bits per heavy atom. The van der Waals surface area contributed by atoms with Crippen LogP contribution >= 0.6 is 0 Å². The number of primary amides is 1. The van der Waals surface area contributed by atoms with E-state index in [1.165, 1.54) is 4.90 Å². The maximum absolute atomic E-state index is 12.3. The van der Waals surface area contributed by atoms with E-state index in [9.17, 15) is 18.0 Å². The summed E-state index contributed by atoms with van der Waals surface area (Å²) < 4.78 is 23.1. The topological polar surface area (TPSA) is 124 Å². The molecule has 2 atom stereocenters. The highest BCUT2D eigenvalue weighted by Crippen LogP contribution is 2.19. The molecule has 2 amide bonds. The average molecular weight is 305 g/mol. The third-order valence-electron chi connectivity index (χ3n) is 3.42. The Morgan fingerprint density at radius 3 is 2.50 bits per heavy atom. The number of nitrogens with zero attached hydrogens (tertiary/aromatic N) is 1. The minimum Gasteiger partial charge on any atom is -0.370 e. The fourth-order valence-corrected chi connectivity index (χ4v) is 4.07. The first-order chi connectivity index (χ1) is 9.26. The largest absolute Gasteiger partial charge is 0.370 e. The van der Waals surface area contributed by atoms with Gasteiger partial charge in [-0.25, -0.2) is 8.42 Å². The molecule has 8 heteroatoms. The van der Waals surface area contributed by atoms with Gasteiger partial charge in [0, 0.05) is 12.6 Å². The van der Waals surface area contributed by atoms with Crippen molar-refractivity contribution in [1.82, 2.24) is 4.90 Å². The number of rotatable bonds is 7. The fraction of sp³-hybridized carbons (Fsp3) is 0.833. The van der Waals surface area contributed by atoms with Crippen LogP contribution in [0, 0.1) is 0 Å². The van der Waals surface area contributed by atoms with Crippen molar-refractivity contribution < 1.29 is 18.0 Å². The lowest BCUT2D eigenvalue weighted by atomic mass is 10.1. The highest BCUT2D eigenvalue weighted by molar-refractivity contribution is 7.91. The first-order valence-electron chi connectivity index (χ1n) is 6.81. The Hall–Kier alpha value is -1.15. The van der Waals surface area contributed by atoms with Crippen LogP contribution in [-0.2, 0) is 19.4 Å². The van der Waals surface area contributed by atoms with Crippen molar-refractivity contribution >= 4 is 21.7 Å². The molecule has 0 spiro atoms. The zero-order valence-electron chi connectivity index (χ0n) is 11.7. The summed E-state index contributed by atoms with van der Waals surface area (Å²) in [5.74, 6) is -0.954. The summed E-state index contributed by atoms with van der Waals surface area (Å²) in [7, 11) is -3.07. The SMILES string of the molecule is CCCCN(C(=O)C(N)CC(N)=O)C1CCS(=O)(=O)C1. The summed E-state index contributed by atoms with van der Waals surface area (Å²) in [6, 6.07) is -1.33. The summed E-state index contributed by atoms with van der Waals surface area (Å²) in [6.07, 6.45) is 1.86. The normalized spacial score (nSPS) is 22.4. The monoisotopic (exact) mass is 305 g/mol. The molecular weight excluding hydrogens is 282 g/mol. The molecule has 0 radical (unpaired) electrons. The van der Waals surface area contributed by atoms with Crippen LogP contribution in [0.15, 0.2) is 0 Å². The molecule has 2 unspecified atom stereocenters. The predicted octanol–water partition coefficient (Wildman–Crippen LogP) is -0.995. The first-order valence-corrected chi connectivity index (χ1v) is 8.63. The fourth-order valence-electron chi connectivity index (χ4n) is 2.34. The number of hydrogen-bond donors (Lipinski definition) is 2. The van der Waals surface area contributed by atoms with E-state index in [1.54, 1.807) is 0 Å². The summed E-state index contributed by atoms with van der Waals surface area (Å²) in [4.78, 5) is 24.6. The van der Waals surface area contributed by atoms with Gasteiger partial charge in [0.2, 0.25) is 11.8 Å². The highest BCUT2D eigenvalue weighted by atomic mass is 32.2. The van der Waals surface area contributed by atoms with Gasteiger partial charge in [-0.05, 0) is 12.8 Å². The van der Waals surface area contributed by atoms with Gasteiger partial charge in [-0.2, -0.15) is 0 Å². The standard InChI is InChI=1S/C12H23N3O4S/c1-2-3-5-15(9-4-6-20(18,19)8-9)12(17)10(13)7-11(14)16/h9-10H,2-8,13H2,1H3,(H2,14,16). The summed E-state index contributed by atoms with van der Waals surface area (Å²) >= 11 is 0. The van der Waals surface area contributed by atoms with E-state index in [0.29, 0.717) is 13.0 Å². The lowest BCUT2D eigenvalue weighted by Gasteiger charge is -2.30.